The second-order valence-corrected chi connectivity index (χ2v) is 6.28. The minimum Gasteiger partial charge on any atom is -0.267 e. The molecule has 3 atom stereocenters. The lowest BCUT2D eigenvalue weighted by Gasteiger charge is -2.21. The van der Waals surface area contributed by atoms with Gasteiger partial charge in [0.1, 0.15) is 0 Å². The number of carbonyl (C=O) groups excluding carboxylic acids is 1. The van der Waals surface area contributed by atoms with E-state index >= 15 is 0 Å². The Balaban J connectivity index is 1.61. The second-order valence-electron chi connectivity index (χ2n) is 6.28. The summed E-state index contributed by atoms with van der Waals surface area (Å²) < 4.78 is 0. The van der Waals surface area contributed by atoms with E-state index in [4.69, 9.17) is 0 Å². The molecule has 22 heavy (non-hydrogen) atoms. The monoisotopic (exact) mass is 301 g/mol. The summed E-state index contributed by atoms with van der Waals surface area (Å²) in [7, 11) is 0. The summed E-state index contributed by atoms with van der Waals surface area (Å²) in [6.07, 6.45) is 5.10. The fourth-order valence-electron chi connectivity index (χ4n) is 3.78. The fourth-order valence-corrected chi connectivity index (χ4v) is 3.78. The molecule has 2 bridgehead atoms. The number of amides is 1. The Hall–Kier alpha value is -2.24. The van der Waals surface area contributed by atoms with Crippen LogP contribution in [0.3, 0.4) is 0 Å². The van der Waals surface area contributed by atoms with Gasteiger partial charge in [-0.1, -0.05) is 6.42 Å². The van der Waals surface area contributed by atoms with Crippen molar-refractivity contribution in [1.82, 2.24) is 5.43 Å². The smallest absolute Gasteiger partial charge is 0.267 e. The normalized spacial score (nSPS) is 27.0. The Kier molecular flexibility index (Phi) is 3.92. The van der Waals surface area contributed by atoms with Crippen LogP contribution in [-0.4, -0.2) is 16.5 Å². The van der Waals surface area contributed by atoms with E-state index in [-0.39, 0.29) is 11.6 Å². The van der Waals surface area contributed by atoms with Crippen LogP contribution in [0.2, 0.25) is 0 Å². The van der Waals surface area contributed by atoms with Crippen LogP contribution in [0, 0.1) is 27.9 Å². The van der Waals surface area contributed by atoms with Crippen molar-refractivity contribution in [3.63, 3.8) is 0 Å². The van der Waals surface area contributed by atoms with Gasteiger partial charge < -0.3 is 0 Å². The maximum Gasteiger partial charge on any atom is 0.271 e. The average Bonchev–Trinajstić information content (AvgIpc) is 3.15. The standard InChI is InChI=1S/C16H19N3O3/c1-10(15-9-11-2-3-13(15)8-11)17-18-16(20)12-4-6-14(7-5-12)19(21)22/h4-7,11,13,15H,2-3,8-9H2,1H3,(H,18,20)/b17-10-/t11-,13+,15-/m0/s1. The molecule has 0 spiro atoms. The average molecular weight is 301 g/mol. The molecule has 0 aromatic heterocycles. The van der Waals surface area contributed by atoms with Gasteiger partial charge in [0.2, 0.25) is 0 Å². The summed E-state index contributed by atoms with van der Waals surface area (Å²) in [4.78, 5) is 22.1. The zero-order valence-electron chi connectivity index (χ0n) is 12.5. The summed E-state index contributed by atoms with van der Waals surface area (Å²) in [5.41, 5.74) is 3.89. The molecule has 6 heteroatoms. The maximum absolute atomic E-state index is 12.0. The topological polar surface area (TPSA) is 84.6 Å². The lowest BCUT2D eigenvalue weighted by atomic mass is 9.86. The van der Waals surface area contributed by atoms with Crippen molar-refractivity contribution in [3.05, 3.63) is 39.9 Å². The predicted molar refractivity (Wildman–Crippen MR) is 82.6 cm³/mol. The molecule has 2 aliphatic rings. The summed E-state index contributed by atoms with van der Waals surface area (Å²) in [5.74, 6) is 1.73. The largest absolute Gasteiger partial charge is 0.271 e. The quantitative estimate of drug-likeness (QED) is 0.526. The minimum atomic E-state index is -0.487. The van der Waals surface area contributed by atoms with E-state index in [1.54, 1.807) is 0 Å². The number of fused-ring (bicyclic) bond motifs is 2. The van der Waals surface area contributed by atoms with Gasteiger partial charge in [0.05, 0.1) is 4.92 Å². The van der Waals surface area contributed by atoms with Crippen LogP contribution in [0.1, 0.15) is 43.0 Å². The Labute approximate surface area is 128 Å². The maximum atomic E-state index is 12.0. The first-order valence-electron chi connectivity index (χ1n) is 7.63. The van der Waals surface area contributed by atoms with E-state index in [1.165, 1.54) is 49.9 Å². The number of nitro groups is 1. The highest BCUT2D eigenvalue weighted by Gasteiger charge is 2.40. The van der Waals surface area contributed by atoms with Gasteiger partial charge in [-0.05, 0) is 50.2 Å². The van der Waals surface area contributed by atoms with Crippen molar-refractivity contribution in [1.29, 1.82) is 0 Å². The zero-order valence-corrected chi connectivity index (χ0v) is 12.5. The molecule has 116 valence electrons. The highest BCUT2D eigenvalue weighted by molar-refractivity contribution is 5.95. The van der Waals surface area contributed by atoms with E-state index < -0.39 is 4.92 Å². The number of nitrogens with one attached hydrogen (secondary N) is 1. The fraction of sp³-hybridized carbons (Fsp3) is 0.500. The van der Waals surface area contributed by atoms with Crippen LogP contribution >= 0.6 is 0 Å². The molecule has 0 unspecified atom stereocenters. The van der Waals surface area contributed by atoms with Crippen molar-refractivity contribution < 1.29 is 9.72 Å². The Bertz CT molecular complexity index is 624. The van der Waals surface area contributed by atoms with Crippen LogP contribution in [-0.2, 0) is 0 Å². The third-order valence-electron chi connectivity index (χ3n) is 4.95. The van der Waals surface area contributed by atoms with E-state index in [0.717, 1.165) is 17.5 Å². The number of carbonyl (C=O) groups is 1. The molecule has 2 aliphatic carbocycles. The van der Waals surface area contributed by atoms with Crippen molar-refractivity contribution in [2.24, 2.45) is 22.9 Å². The van der Waals surface area contributed by atoms with Gasteiger partial charge >= 0.3 is 0 Å². The van der Waals surface area contributed by atoms with Crippen LogP contribution < -0.4 is 5.43 Å². The number of benzene rings is 1. The van der Waals surface area contributed by atoms with Crippen molar-refractivity contribution in [2.75, 3.05) is 0 Å². The third kappa shape index (κ3) is 2.86. The molecule has 0 heterocycles. The van der Waals surface area contributed by atoms with Gasteiger partial charge in [-0.3, -0.25) is 14.9 Å². The number of rotatable bonds is 4. The summed E-state index contributed by atoms with van der Waals surface area (Å²) in [6, 6.07) is 5.52. The first-order chi connectivity index (χ1) is 10.5. The van der Waals surface area contributed by atoms with Crippen LogP contribution in [0.15, 0.2) is 29.4 Å². The first kappa shape index (κ1) is 14.7. The predicted octanol–water partition coefficient (Wildman–Crippen LogP) is 3.14. The number of nitro benzene ring substituents is 1. The molecule has 0 radical (unpaired) electrons. The summed E-state index contributed by atoms with van der Waals surface area (Å²) in [5, 5.41) is 14.8. The van der Waals surface area contributed by atoms with E-state index in [9.17, 15) is 14.9 Å². The van der Waals surface area contributed by atoms with E-state index in [2.05, 4.69) is 10.5 Å². The number of nitrogens with zero attached hydrogens (tertiary/aromatic N) is 2. The van der Waals surface area contributed by atoms with Gasteiger partial charge in [-0.25, -0.2) is 5.43 Å². The molecule has 1 N–H and O–H groups in total. The summed E-state index contributed by atoms with van der Waals surface area (Å²) in [6.45, 7) is 1.97. The van der Waals surface area contributed by atoms with E-state index in [0.29, 0.717) is 11.5 Å². The van der Waals surface area contributed by atoms with Crippen LogP contribution in [0.4, 0.5) is 5.69 Å². The van der Waals surface area contributed by atoms with E-state index in [1.807, 2.05) is 6.92 Å². The molecule has 1 amide bonds. The molecule has 6 nitrogen and oxygen atoms in total. The molecule has 1 aromatic carbocycles. The van der Waals surface area contributed by atoms with Crippen LogP contribution in [0.5, 0.6) is 0 Å². The molecule has 2 fully saturated rings. The van der Waals surface area contributed by atoms with Gasteiger partial charge in [-0.15, -0.1) is 0 Å². The first-order valence-corrected chi connectivity index (χ1v) is 7.63. The molecule has 0 aliphatic heterocycles. The Morgan fingerprint density at radius 1 is 1.27 bits per heavy atom. The van der Waals surface area contributed by atoms with Crippen molar-refractivity contribution in [3.8, 4) is 0 Å². The lowest BCUT2D eigenvalue weighted by Crippen LogP contribution is -2.24. The van der Waals surface area contributed by atoms with Crippen molar-refractivity contribution in [2.45, 2.75) is 32.6 Å². The number of non-ortho nitro benzene ring substituents is 1. The van der Waals surface area contributed by atoms with Gasteiger partial charge in [0, 0.05) is 29.3 Å². The highest BCUT2D eigenvalue weighted by atomic mass is 16.6. The molecule has 0 saturated heterocycles. The van der Waals surface area contributed by atoms with Crippen LogP contribution in [0.25, 0.3) is 0 Å². The highest BCUT2D eigenvalue weighted by Crippen LogP contribution is 2.48. The molecular formula is C16H19N3O3. The molecular weight excluding hydrogens is 282 g/mol. The number of hydrogen-bond donors (Lipinski definition) is 1. The summed E-state index contributed by atoms with van der Waals surface area (Å²) >= 11 is 0. The van der Waals surface area contributed by atoms with Gasteiger partial charge in [-0.2, -0.15) is 5.10 Å². The Morgan fingerprint density at radius 3 is 2.55 bits per heavy atom. The zero-order chi connectivity index (χ0) is 15.7. The number of hydrazone groups is 1. The van der Waals surface area contributed by atoms with Gasteiger partial charge in [0.25, 0.3) is 11.6 Å². The lowest BCUT2D eigenvalue weighted by molar-refractivity contribution is -0.384. The molecule has 2 saturated carbocycles. The minimum absolute atomic E-state index is 0.0294. The third-order valence-corrected chi connectivity index (χ3v) is 4.95. The van der Waals surface area contributed by atoms with Gasteiger partial charge in [0.15, 0.2) is 0 Å². The second kappa shape index (κ2) is 5.87. The number of hydrogen-bond acceptors (Lipinski definition) is 4. The molecule has 3 rings (SSSR count). The van der Waals surface area contributed by atoms with Crippen molar-refractivity contribution >= 4 is 17.3 Å². The SMILES string of the molecule is C/C(=N/NC(=O)c1ccc([N+](=O)[O-])cc1)[C@@H]1C[C@H]2CC[C@@H]1C2. The molecule has 1 aromatic rings. The Morgan fingerprint density at radius 2 is 2.00 bits per heavy atom.